The van der Waals surface area contributed by atoms with Crippen LogP contribution in [-0.2, 0) is 27.0 Å². The molecule has 4 atom stereocenters. The van der Waals surface area contributed by atoms with Crippen molar-refractivity contribution in [2.24, 2.45) is 17.3 Å². The van der Waals surface area contributed by atoms with Gasteiger partial charge in [-0.1, -0.05) is 70.4 Å². The number of carboxylic acid groups (broad SMARTS) is 1. The van der Waals surface area contributed by atoms with Crippen molar-refractivity contribution in [3.8, 4) is 5.75 Å². The zero-order valence-corrected chi connectivity index (χ0v) is 25.3. The summed E-state index contributed by atoms with van der Waals surface area (Å²) in [4.78, 5) is 28.8. The van der Waals surface area contributed by atoms with Crippen LogP contribution in [0.3, 0.4) is 0 Å². The first-order valence-electron chi connectivity index (χ1n) is 15.0. The Balaban J connectivity index is 1.79. The molecule has 1 aliphatic heterocycles. The number of aliphatic carboxylic acids is 1. The van der Waals surface area contributed by atoms with E-state index in [1.807, 2.05) is 51.1 Å². The van der Waals surface area contributed by atoms with E-state index >= 15 is 0 Å². The average molecular weight is 605 g/mol. The molecule has 4 unspecified atom stereocenters. The van der Waals surface area contributed by atoms with Crippen LogP contribution in [0.15, 0.2) is 48.5 Å². The predicted octanol–water partition coefficient (Wildman–Crippen LogP) is 6.47. The number of carboxylic acids is 1. The van der Waals surface area contributed by atoms with E-state index in [1.165, 1.54) is 13.2 Å². The highest BCUT2D eigenvalue weighted by Crippen LogP contribution is 2.49. The lowest BCUT2D eigenvalue weighted by Crippen LogP contribution is -2.49. The second kappa shape index (κ2) is 13.7. The molecule has 1 saturated heterocycles. The number of amides is 1. The van der Waals surface area contributed by atoms with E-state index in [2.05, 4.69) is 5.32 Å². The van der Waals surface area contributed by atoms with E-state index < -0.39 is 47.2 Å². The highest BCUT2D eigenvalue weighted by Gasteiger charge is 2.58. The Hall–Kier alpha value is -3.11. The molecule has 1 amide bonds. The Kier molecular flexibility index (Phi) is 10.4. The third kappa shape index (κ3) is 7.52. The molecule has 7 nitrogen and oxygen atoms in total. The summed E-state index contributed by atoms with van der Waals surface area (Å²) >= 11 is 0. The molecule has 1 saturated carbocycles. The number of likely N-dealkylation sites (tertiary alicyclic amines) is 1. The lowest BCUT2D eigenvalue weighted by Gasteiger charge is -2.36. The van der Waals surface area contributed by atoms with Crippen molar-refractivity contribution < 1.29 is 37.3 Å². The van der Waals surface area contributed by atoms with Gasteiger partial charge in [0.05, 0.1) is 18.2 Å². The number of carbonyl (C=O) groups is 2. The van der Waals surface area contributed by atoms with Crippen LogP contribution in [-0.4, -0.2) is 54.3 Å². The average Bonchev–Trinajstić information content (AvgIpc) is 3.33. The van der Waals surface area contributed by atoms with Gasteiger partial charge in [-0.05, 0) is 42.0 Å². The second-order valence-electron chi connectivity index (χ2n) is 12.7. The number of nitrogens with one attached hydrogen (secondary N) is 1. The maximum atomic E-state index is 14.2. The van der Waals surface area contributed by atoms with Crippen molar-refractivity contribution in [1.82, 2.24) is 10.2 Å². The summed E-state index contributed by atoms with van der Waals surface area (Å²) in [5, 5.41) is 14.1. The van der Waals surface area contributed by atoms with Crippen molar-refractivity contribution in [1.29, 1.82) is 0 Å². The smallest absolute Gasteiger partial charge is 0.416 e. The van der Waals surface area contributed by atoms with Crippen molar-refractivity contribution >= 4 is 11.9 Å². The molecule has 0 radical (unpaired) electrons. The predicted molar refractivity (Wildman–Crippen MR) is 156 cm³/mol. The van der Waals surface area contributed by atoms with Gasteiger partial charge < -0.3 is 24.8 Å². The summed E-state index contributed by atoms with van der Waals surface area (Å²) in [5.74, 6) is -1.78. The summed E-state index contributed by atoms with van der Waals surface area (Å²) in [6.07, 6.45) is -0.227. The molecule has 4 rings (SSSR count). The zero-order chi connectivity index (χ0) is 31.4. The number of rotatable bonds is 10. The molecule has 2 fully saturated rings. The number of ether oxygens (including phenoxy) is 2. The van der Waals surface area contributed by atoms with Crippen molar-refractivity contribution in [3.05, 3.63) is 65.2 Å². The van der Waals surface area contributed by atoms with Crippen LogP contribution in [0.4, 0.5) is 13.2 Å². The third-order valence-electron chi connectivity index (χ3n) is 8.73. The summed E-state index contributed by atoms with van der Waals surface area (Å²) in [5.41, 5.74) is -0.308. The SMILES string of the molecule is COCCOc1ccc(C(F)(F)F)cc1CNC1C(c2ccccc2)N(C(=O)C2CCCCC2)C(C(=O)O)C1C(C)(C)C. The summed E-state index contributed by atoms with van der Waals surface area (Å²) in [6.45, 7) is 6.23. The Morgan fingerprint density at radius 1 is 1.00 bits per heavy atom. The lowest BCUT2D eigenvalue weighted by atomic mass is 9.72. The molecule has 2 N–H and O–H groups in total. The van der Waals surface area contributed by atoms with Gasteiger partial charge in [0.1, 0.15) is 18.4 Å². The van der Waals surface area contributed by atoms with Crippen molar-refractivity contribution in [2.45, 2.75) is 83.7 Å². The number of hydrogen-bond donors (Lipinski definition) is 2. The van der Waals surface area contributed by atoms with Gasteiger partial charge in [0.25, 0.3) is 0 Å². The van der Waals surface area contributed by atoms with E-state index in [-0.39, 0.29) is 42.9 Å². The van der Waals surface area contributed by atoms with Crippen LogP contribution in [0.25, 0.3) is 0 Å². The minimum Gasteiger partial charge on any atom is -0.491 e. The standard InChI is InChI=1S/C33H43F3N2O5/c1-32(2,3)26-27(37-20-23-19-24(33(34,35)36)15-16-25(23)43-18-17-42-4)28(21-11-7-5-8-12-21)38(29(26)31(40)41)30(39)22-13-9-6-10-14-22/h5,7-8,11-12,15-16,19,22,26-29,37H,6,9-10,13-14,17-18,20H2,1-4H3,(H,40,41). The number of nitrogens with zero attached hydrogens (tertiary/aromatic N) is 1. The molecule has 0 spiro atoms. The van der Waals surface area contributed by atoms with Crippen LogP contribution >= 0.6 is 0 Å². The van der Waals surface area contributed by atoms with Gasteiger partial charge >= 0.3 is 12.1 Å². The topological polar surface area (TPSA) is 88.1 Å². The fraction of sp³-hybridized carbons (Fsp3) is 0.576. The molecule has 1 aliphatic carbocycles. The van der Waals surface area contributed by atoms with E-state index in [0.717, 1.165) is 37.0 Å². The van der Waals surface area contributed by atoms with Crippen LogP contribution < -0.4 is 10.1 Å². The number of alkyl halides is 3. The number of benzene rings is 2. The molecule has 1 heterocycles. The molecule has 2 aliphatic rings. The number of halogens is 3. The Morgan fingerprint density at radius 3 is 2.26 bits per heavy atom. The van der Waals surface area contributed by atoms with Crippen LogP contribution in [0, 0.1) is 17.3 Å². The van der Waals surface area contributed by atoms with E-state index in [9.17, 15) is 27.9 Å². The Bertz CT molecular complexity index is 1240. The third-order valence-corrected chi connectivity index (χ3v) is 8.73. The first kappa shape index (κ1) is 32.8. The fourth-order valence-corrected chi connectivity index (χ4v) is 6.79. The first-order valence-corrected chi connectivity index (χ1v) is 15.0. The van der Waals surface area contributed by atoms with Gasteiger partial charge in [-0.15, -0.1) is 0 Å². The maximum absolute atomic E-state index is 14.2. The second-order valence-corrected chi connectivity index (χ2v) is 12.7. The zero-order valence-electron chi connectivity index (χ0n) is 25.3. The van der Waals surface area contributed by atoms with E-state index in [1.54, 1.807) is 4.90 Å². The normalized spacial score (nSPS) is 23.4. The number of carbonyl (C=O) groups excluding carboxylic acids is 1. The highest BCUT2D eigenvalue weighted by molar-refractivity contribution is 5.87. The van der Waals surface area contributed by atoms with Gasteiger partial charge in [-0.2, -0.15) is 13.2 Å². The van der Waals surface area contributed by atoms with Crippen LogP contribution in [0.2, 0.25) is 0 Å². The van der Waals surface area contributed by atoms with Crippen molar-refractivity contribution in [3.63, 3.8) is 0 Å². The highest BCUT2D eigenvalue weighted by atomic mass is 19.4. The van der Waals surface area contributed by atoms with Crippen molar-refractivity contribution in [2.75, 3.05) is 20.3 Å². The first-order chi connectivity index (χ1) is 20.3. The summed E-state index contributed by atoms with van der Waals surface area (Å²) in [6, 6.07) is 10.4. The number of hydrogen-bond acceptors (Lipinski definition) is 5. The largest absolute Gasteiger partial charge is 0.491 e. The fourth-order valence-electron chi connectivity index (χ4n) is 6.79. The summed E-state index contributed by atoms with van der Waals surface area (Å²) in [7, 11) is 1.51. The van der Waals surface area contributed by atoms with Gasteiger partial charge in [-0.25, -0.2) is 4.79 Å². The minimum atomic E-state index is -4.55. The monoisotopic (exact) mass is 604 g/mol. The number of methoxy groups -OCH3 is 1. The van der Waals surface area contributed by atoms with E-state index in [4.69, 9.17) is 9.47 Å². The Morgan fingerprint density at radius 2 is 1.67 bits per heavy atom. The molecule has 0 bridgehead atoms. The lowest BCUT2D eigenvalue weighted by molar-refractivity contribution is -0.154. The molecular formula is C33H43F3N2O5. The van der Waals surface area contributed by atoms with Gasteiger partial charge in [-0.3, -0.25) is 4.79 Å². The minimum absolute atomic E-state index is 0.0232. The molecule has 2 aromatic carbocycles. The van der Waals surface area contributed by atoms with Gasteiger partial charge in [0, 0.05) is 37.1 Å². The van der Waals surface area contributed by atoms with Crippen LogP contribution in [0.1, 0.15) is 75.6 Å². The van der Waals surface area contributed by atoms with Gasteiger partial charge in [0.15, 0.2) is 0 Å². The molecule has 10 heteroatoms. The quantitative estimate of drug-likeness (QED) is 0.303. The molecule has 236 valence electrons. The van der Waals surface area contributed by atoms with Crippen LogP contribution in [0.5, 0.6) is 5.75 Å². The molecular weight excluding hydrogens is 561 g/mol. The molecule has 43 heavy (non-hydrogen) atoms. The maximum Gasteiger partial charge on any atom is 0.416 e. The molecule has 2 aromatic rings. The molecule has 0 aromatic heterocycles. The summed E-state index contributed by atoms with van der Waals surface area (Å²) < 4.78 is 52.0. The van der Waals surface area contributed by atoms with E-state index in [0.29, 0.717) is 12.8 Å². The Labute approximate surface area is 251 Å². The van der Waals surface area contributed by atoms with Gasteiger partial charge in [0.2, 0.25) is 5.91 Å².